The molecule has 2 aromatic carbocycles. The maximum atomic E-state index is 13.2. The zero-order valence-electron chi connectivity index (χ0n) is 18.2. The predicted octanol–water partition coefficient (Wildman–Crippen LogP) is 4.56. The van der Waals surface area contributed by atoms with Crippen LogP contribution in [0.1, 0.15) is 45.7 Å². The van der Waals surface area contributed by atoms with Gasteiger partial charge in [0.1, 0.15) is 0 Å². The van der Waals surface area contributed by atoms with Gasteiger partial charge in [0.05, 0.1) is 32.7 Å². The van der Waals surface area contributed by atoms with Crippen molar-refractivity contribution in [3.05, 3.63) is 81.5 Å². The Bertz CT molecular complexity index is 1100. The van der Waals surface area contributed by atoms with E-state index in [9.17, 15) is 9.59 Å². The molecule has 0 radical (unpaired) electrons. The highest BCUT2D eigenvalue weighted by molar-refractivity contribution is 7.09. The van der Waals surface area contributed by atoms with Gasteiger partial charge in [-0.15, -0.1) is 11.3 Å². The van der Waals surface area contributed by atoms with Gasteiger partial charge in [-0.3, -0.25) is 9.59 Å². The van der Waals surface area contributed by atoms with Gasteiger partial charge < -0.3 is 19.7 Å². The van der Waals surface area contributed by atoms with Crippen LogP contribution in [0.15, 0.2) is 60.0 Å². The maximum absolute atomic E-state index is 13.2. The maximum Gasteiger partial charge on any atom is 0.255 e. The SMILES string of the molecule is CCOc1ccc([C@@H](CC(=O)NCc2cccs2)N2Cc3ccccc3C2=O)cc1OC. The molecule has 1 aliphatic heterocycles. The minimum Gasteiger partial charge on any atom is -0.493 e. The molecule has 0 fully saturated rings. The Balaban J connectivity index is 1.61. The van der Waals surface area contributed by atoms with Crippen LogP contribution in [0, 0.1) is 0 Å². The van der Waals surface area contributed by atoms with E-state index in [4.69, 9.17) is 9.47 Å². The Morgan fingerprint density at radius 2 is 2.00 bits per heavy atom. The molecule has 166 valence electrons. The molecule has 4 rings (SSSR count). The molecule has 0 saturated carbocycles. The summed E-state index contributed by atoms with van der Waals surface area (Å²) in [5.74, 6) is 1.04. The van der Waals surface area contributed by atoms with Crippen molar-refractivity contribution < 1.29 is 19.1 Å². The largest absolute Gasteiger partial charge is 0.493 e. The number of hydrogen-bond donors (Lipinski definition) is 1. The molecule has 0 bridgehead atoms. The lowest BCUT2D eigenvalue weighted by Crippen LogP contribution is -2.34. The molecule has 1 atom stereocenters. The molecular weight excluding hydrogens is 424 g/mol. The van der Waals surface area contributed by atoms with Crippen molar-refractivity contribution in [3.63, 3.8) is 0 Å². The fourth-order valence-electron chi connectivity index (χ4n) is 3.95. The molecule has 2 amide bonds. The van der Waals surface area contributed by atoms with E-state index < -0.39 is 6.04 Å². The second-order valence-corrected chi connectivity index (χ2v) is 8.54. The second kappa shape index (κ2) is 9.87. The molecule has 1 aliphatic rings. The van der Waals surface area contributed by atoms with Crippen molar-refractivity contribution in [2.45, 2.75) is 32.5 Å². The lowest BCUT2D eigenvalue weighted by Gasteiger charge is -2.28. The van der Waals surface area contributed by atoms with Crippen molar-refractivity contribution in [1.82, 2.24) is 10.2 Å². The number of methoxy groups -OCH3 is 1. The summed E-state index contributed by atoms with van der Waals surface area (Å²) >= 11 is 1.60. The minimum atomic E-state index is -0.428. The van der Waals surface area contributed by atoms with Crippen LogP contribution in [-0.4, -0.2) is 30.4 Å². The molecule has 6 nitrogen and oxygen atoms in total. The fourth-order valence-corrected chi connectivity index (χ4v) is 4.59. The van der Waals surface area contributed by atoms with E-state index in [-0.39, 0.29) is 18.2 Å². The third-order valence-corrected chi connectivity index (χ3v) is 6.39. The smallest absolute Gasteiger partial charge is 0.255 e. The van der Waals surface area contributed by atoms with Gasteiger partial charge in [-0.25, -0.2) is 0 Å². The first-order chi connectivity index (χ1) is 15.6. The van der Waals surface area contributed by atoms with Gasteiger partial charge in [0.15, 0.2) is 11.5 Å². The van der Waals surface area contributed by atoms with Crippen molar-refractivity contribution in [1.29, 1.82) is 0 Å². The molecule has 0 spiro atoms. The molecule has 1 N–H and O–H groups in total. The van der Waals surface area contributed by atoms with E-state index in [0.29, 0.717) is 36.8 Å². The standard InChI is InChI=1S/C25H26N2O4S/c1-3-31-22-11-10-17(13-23(22)30-2)21(14-24(28)26-15-19-8-6-12-32-19)27-16-18-7-4-5-9-20(18)25(27)29/h4-13,21H,3,14-16H2,1-2H3,(H,26,28)/t21-/m1/s1. The zero-order chi connectivity index (χ0) is 22.5. The van der Waals surface area contributed by atoms with Crippen molar-refractivity contribution in [3.8, 4) is 11.5 Å². The number of ether oxygens (including phenoxy) is 2. The Hall–Kier alpha value is -3.32. The van der Waals surface area contributed by atoms with Crippen molar-refractivity contribution in [2.75, 3.05) is 13.7 Å². The van der Waals surface area contributed by atoms with Gasteiger partial charge in [-0.1, -0.05) is 30.3 Å². The molecule has 0 unspecified atom stereocenters. The average Bonchev–Trinajstić information content (AvgIpc) is 3.45. The van der Waals surface area contributed by atoms with E-state index >= 15 is 0 Å². The van der Waals surface area contributed by atoms with Gasteiger partial charge in [0, 0.05) is 17.0 Å². The van der Waals surface area contributed by atoms with Crippen molar-refractivity contribution >= 4 is 23.2 Å². The summed E-state index contributed by atoms with van der Waals surface area (Å²) in [5, 5.41) is 4.97. The topological polar surface area (TPSA) is 67.9 Å². The number of nitrogens with zero attached hydrogens (tertiary/aromatic N) is 1. The molecular formula is C25H26N2O4S. The number of benzene rings is 2. The number of nitrogens with one attached hydrogen (secondary N) is 1. The third kappa shape index (κ3) is 4.62. The summed E-state index contributed by atoms with van der Waals surface area (Å²) in [6.07, 6.45) is 0.155. The lowest BCUT2D eigenvalue weighted by molar-refractivity contribution is -0.122. The first kappa shape index (κ1) is 21.9. The van der Waals surface area contributed by atoms with Gasteiger partial charge >= 0.3 is 0 Å². The average molecular weight is 451 g/mol. The highest BCUT2D eigenvalue weighted by atomic mass is 32.1. The van der Waals surface area contributed by atoms with E-state index in [2.05, 4.69) is 5.32 Å². The lowest BCUT2D eigenvalue weighted by atomic mass is 10.0. The molecule has 0 saturated heterocycles. The molecule has 3 aromatic rings. The van der Waals surface area contributed by atoms with E-state index in [1.54, 1.807) is 23.3 Å². The zero-order valence-corrected chi connectivity index (χ0v) is 19.0. The first-order valence-electron chi connectivity index (χ1n) is 10.6. The first-order valence-corrected chi connectivity index (χ1v) is 11.5. The Morgan fingerprint density at radius 3 is 2.72 bits per heavy atom. The minimum absolute atomic E-state index is 0.0653. The van der Waals surface area contributed by atoms with Crippen LogP contribution in [0.2, 0.25) is 0 Å². The van der Waals surface area contributed by atoms with Crippen molar-refractivity contribution in [2.24, 2.45) is 0 Å². The predicted molar refractivity (Wildman–Crippen MR) is 124 cm³/mol. The molecule has 0 aliphatic carbocycles. The fraction of sp³-hybridized carbons (Fsp3) is 0.280. The van der Waals surface area contributed by atoms with Crippen LogP contribution in [0.4, 0.5) is 0 Å². The summed E-state index contributed by atoms with van der Waals surface area (Å²) in [6.45, 7) is 3.37. The number of rotatable bonds is 9. The van der Waals surface area contributed by atoms with Crippen LogP contribution in [0.5, 0.6) is 11.5 Å². The quantitative estimate of drug-likeness (QED) is 0.519. The van der Waals surface area contributed by atoms with E-state index in [1.165, 1.54) is 0 Å². The summed E-state index contributed by atoms with van der Waals surface area (Å²) in [6, 6.07) is 16.7. The van der Waals surface area contributed by atoms with Crippen LogP contribution >= 0.6 is 11.3 Å². The number of thiophene rings is 1. The summed E-state index contributed by atoms with van der Waals surface area (Å²) in [5.41, 5.74) is 2.49. The Labute approximate surface area is 191 Å². The van der Waals surface area contributed by atoms with Crippen LogP contribution in [0.25, 0.3) is 0 Å². The van der Waals surface area contributed by atoms with E-state index in [0.717, 1.165) is 16.0 Å². The van der Waals surface area contributed by atoms with Gasteiger partial charge in [0.25, 0.3) is 5.91 Å². The molecule has 2 heterocycles. The molecule has 32 heavy (non-hydrogen) atoms. The highest BCUT2D eigenvalue weighted by Crippen LogP contribution is 2.37. The van der Waals surface area contributed by atoms with Crippen LogP contribution < -0.4 is 14.8 Å². The Morgan fingerprint density at radius 1 is 1.16 bits per heavy atom. The van der Waals surface area contributed by atoms with Crippen LogP contribution in [0.3, 0.4) is 0 Å². The molecule has 1 aromatic heterocycles. The Kier molecular flexibility index (Phi) is 6.75. The summed E-state index contributed by atoms with van der Waals surface area (Å²) < 4.78 is 11.2. The monoisotopic (exact) mass is 450 g/mol. The number of carbonyl (C=O) groups is 2. The number of fused-ring (bicyclic) bond motifs is 1. The van der Waals surface area contributed by atoms with Gasteiger partial charge in [0.2, 0.25) is 5.91 Å². The van der Waals surface area contributed by atoms with E-state index in [1.807, 2.05) is 66.9 Å². The number of amides is 2. The summed E-state index contributed by atoms with van der Waals surface area (Å²) in [7, 11) is 1.58. The highest BCUT2D eigenvalue weighted by Gasteiger charge is 2.34. The second-order valence-electron chi connectivity index (χ2n) is 7.51. The summed E-state index contributed by atoms with van der Waals surface area (Å²) in [4.78, 5) is 28.9. The number of hydrogen-bond acceptors (Lipinski definition) is 5. The normalized spacial score (nSPS) is 13.6. The van der Waals surface area contributed by atoms with Gasteiger partial charge in [-0.2, -0.15) is 0 Å². The molecule has 7 heteroatoms. The van der Waals surface area contributed by atoms with Gasteiger partial charge in [-0.05, 0) is 47.7 Å². The third-order valence-electron chi connectivity index (χ3n) is 5.52. The van der Waals surface area contributed by atoms with Crippen LogP contribution in [-0.2, 0) is 17.9 Å². The number of carbonyl (C=O) groups excluding carboxylic acids is 2.